The lowest BCUT2D eigenvalue weighted by Gasteiger charge is -2.12. The minimum absolute atomic E-state index is 0.203. The summed E-state index contributed by atoms with van der Waals surface area (Å²) in [6.07, 6.45) is 4.82. The van der Waals surface area contributed by atoms with Crippen LogP contribution in [0.4, 0.5) is 11.5 Å². The molecule has 0 spiro atoms. The molecule has 7 nitrogen and oxygen atoms in total. The van der Waals surface area contributed by atoms with Crippen molar-refractivity contribution in [2.45, 2.75) is 0 Å². The predicted octanol–water partition coefficient (Wildman–Crippen LogP) is 2.98. The summed E-state index contributed by atoms with van der Waals surface area (Å²) in [7, 11) is 3.75. The van der Waals surface area contributed by atoms with E-state index in [1.807, 2.05) is 19.0 Å². The van der Waals surface area contributed by atoms with Gasteiger partial charge in [0.25, 0.3) is 5.91 Å². The molecule has 3 aromatic rings. The number of aromatic nitrogens is 3. The quantitative estimate of drug-likeness (QED) is 0.772. The van der Waals surface area contributed by atoms with Gasteiger partial charge in [0.15, 0.2) is 0 Å². The molecule has 126 valence electrons. The molecule has 25 heavy (non-hydrogen) atoms. The van der Waals surface area contributed by atoms with E-state index in [9.17, 15) is 4.79 Å². The van der Waals surface area contributed by atoms with Crippen LogP contribution in [-0.2, 0) is 0 Å². The Bertz CT molecular complexity index is 851. The van der Waals surface area contributed by atoms with Crippen LogP contribution in [0.15, 0.2) is 61.1 Å². The maximum Gasteiger partial charge on any atom is 0.321 e. The molecule has 0 fully saturated rings. The van der Waals surface area contributed by atoms with Crippen LogP contribution in [0.3, 0.4) is 0 Å². The second kappa shape index (κ2) is 7.39. The lowest BCUT2D eigenvalue weighted by Crippen LogP contribution is -2.15. The molecule has 2 heterocycles. The molecule has 0 radical (unpaired) electrons. The molecule has 0 unspecified atom stereocenters. The molecule has 0 bridgehead atoms. The SMILES string of the molecule is CN(C)c1cc(C(=O)Nc2ccc(Oc3ncccn3)cc2)ccn1. The first-order valence-electron chi connectivity index (χ1n) is 7.61. The summed E-state index contributed by atoms with van der Waals surface area (Å²) in [5.41, 5.74) is 1.20. The number of hydrogen-bond donors (Lipinski definition) is 1. The lowest BCUT2D eigenvalue weighted by molar-refractivity contribution is 0.102. The Hall–Kier alpha value is -3.48. The minimum Gasteiger partial charge on any atom is -0.424 e. The van der Waals surface area contributed by atoms with Crippen LogP contribution in [-0.4, -0.2) is 35.0 Å². The van der Waals surface area contributed by atoms with Gasteiger partial charge in [-0.2, -0.15) is 0 Å². The number of anilines is 2. The maximum absolute atomic E-state index is 12.4. The highest BCUT2D eigenvalue weighted by atomic mass is 16.5. The van der Waals surface area contributed by atoms with E-state index in [0.29, 0.717) is 17.0 Å². The summed E-state index contributed by atoms with van der Waals surface area (Å²) in [4.78, 5) is 26.4. The van der Waals surface area contributed by atoms with Crippen molar-refractivity contribution in [2.24, 2.45) is 0 Å². The van der Waals surface area contributed by atoms with E-state index in [4.69, 9.17) is 4.74 Å². The summed E-state index contributed by atoms with van der Waals surface area (Å²) in [5.74, 6) is 1.10. The van der Waals surface area contributed by atoms with Crippen molar-refractivity contribution in [2.75, 3.05) is 24.3 Å². The smallest absolute Gasteiger partial charge is 0.321 e. The van der Waals surface area contributed by atoms with Crippen molar-refractivity contribution in [1.82, 2.24) is 15.0 Å². The first-order chi connectivity index (χ1) is 12.1. The van der Waals surface area contributed by atoms with E-state index in [2.05, 4.69) is 20.3 Å². The number of carbonyl (C=O) groups excluding carboxylic acids is 1. The van der Waals surface area contributed by atoms with Gasteiger partial charge in [-0.25, -0.2) is 15.0 Å². The van der Waals surface area contributed by atoms with Crippen molar-refractivity contribution >= 4 is 17.4 Å². The second-order valence-electron chi connectivity index (χ2n) is 5.41. The van der Waals surface area contributed by atoms with Crippen LogP contribution in [0.25, 0.3) is 0 Å². The van der Waals surface area contributed by atoms with Crippen molar-refractivity contribution in [3.8, 4) is 11.8 Å². The summed E-state index contributed by atoms with van der Waals surface area (Å²) in [6.45, 7) is 0. The maximum atomic E-state index is 12.4. The van der Waals surface area contributed by atoms with Gasteiger partial charge < -0.3 is 15.0 Å². The molecule has 1 N–H and O–H groups in total. The molecule has 0 saturated carbocycles. The first-order valence-corrected chi connectivity index (χ1v) is 7.61. The average Bonchev–Trinajstić information content (AvgIpc) is 2.64. The molecule has 0 atom stereocenters. The summed E-state index contributed by atoms with van der Waals surface area (Å²) in [5, 5.41) is 2.84. The molecule has 0 aliphatic rings. The van der Waals surface area contributed by atoms with Crippen LogP contribution in [0.2, 0.25) is 0 Å². The largest absolute Gasteiger partial charge is 0.424 e. The number of amides is 1. The van der Waals surface area contributed by atoms with Crippen molar-refractivity contribution < 1.29 is 9.53 Å². The van der Waals surface area contributed by atoms with Gasteiger partial charge in [-0.3, -0.25) is 4.79 Å². The second-order valence-corrected chi connectivity index (χ2v) is 5.41. The monoisotopic (exact) mass is 335 g/mol. The van der Waals surface area contributed by atoms with Crippen molar-refractivity contribution in [3.63, 3.8) is 0 Å². The fourth-order valence-corrected chi connectivity index (χ4v) is 2.06. The molecule has 3 rings (SSSR count). The standard InChI is InChI=1S/C18H17N5O2/c1-23(2)16-12-13(8-11-19-16)17(24)22-14-4-6-15(7-5-14)25-18-20-9-3-10-21-18/h3-12H,1-2H3,(H,22,24). The molecule has 0 aliphatic carbocycles. The third kappa shape index (κ3) is 4.29. The molecular weight excluding hydrogens is 318 g/mol. The zero-order valence-electron chi connectivity index (χ0n) is 13.9. The summed E-state index contributed by atoms with van der Waals surface area (Å²) >= 11 is 0. The van der Waals surface area contributed by atoms with E-state index < -0.39 is 0 Å². The fraction of sp³-hybridized carbons (Fsp3) is 0.111. The minimum atomic E-state index is -0.203. The molecule has 2 aromatic heterocycles. The van der Waals surface area contributed by atoms with Crippen LogP contribution < -0.4 is 15.0 Å². The molecule has 0 aliphatic heterocycles. The van der Waals surface area contributed by atoms with E-state index in [1.54, 1.807) is 61.1 Å². The number of hydrogen-bond acceptors (Lipinski definition) is 6. The highest BCUT2D eigenvalue weighted by Crippen LogP contribution is 2.20. The van der Waals surface area contributed by atoms with Gasteiger partial charge in [-0.05, 0) is 42.5 Å². The third-order valence-electron chi connectivity index (χ3n) is 3.33. The number of nitrogens with one attached hydrogen (secondary N) is 1. The fourth-order valence-electron chi connectivity index (χ4n) is 2.06. The zero-order valence-corrected chi connectivity index (χ0v) is 13.9. The Morgan fingerprint density at radius 1 is 1.00 bits per heavy atom. The van der Waals surface area contributed by atoms with Crippen LogP contribution in [0.1, 0.15) is 10.4 Å². The highest BCUT2D eigenvalue weighted by molar-refractivity contribution is 6.04. The van der Waals surface area contributed by atoms with E-state index in [0.717, 1.165) is 5.82 Å². The van der Waals surface area contributed by atoms with Crippen LogP contribution in [0.5, 0.6) is 11.8 Å². The molecule has 1 amide bonds. The highest BCUT2D eigenvalue weighted by Gasteiger charge is 2.09. The Kier molecular flexibility index (Phi) is 4.84. The number of nitrogens with zero attached hydrogens (tertiary/aromatic N) is 4. The van der Waals surface area contributed by atoms with Gasteiger partial charge in [0.05, 0.1) is 0 Å². The Labute approximate surface area is 145 Å². The summed E-state index contributed by atoms with van der Waals surface area (Å²) < 4.78 is 5.52. The number of carbonyl (C=O) groups is 1. The van der Waals surface area contributed by atoms with Crippen LogP contribution in [0, 0.1) is 0 Å². The molecule has 1 aromatic carbocycles. The molecule has 0 saturated heterocycles. The van der Waals surface area contributed by atoms with E-state index >= 15 is 0 Å². The number of benzene rings is 1. The number of pyridine rings is 1. The number of ether oxygens (including phenoxy) is 1. The predicted molar refractivity (Wildman–Crippen MR) is 95.1 cm³/mol. The Morgan fingerprint density at radius 3 is 2.40 bits per heavy atom. The topological polar surface area (TPSA) is 80.2 Å². The zero-order chi connectivity index (χ0) is 17.6. The lowest BCUT2D eigenvalue weighted by atomic mass is 10.2. The molecule has 7 heteroatoms. The van der Waals surface area contributed by atoms with Gasteiger partial charge in [0, 0.05) is 43.9 Å². The first kappa shape index (κ1) is 16.4. The number of rotatable bonds is 5. The van der Waals surface area contributed by atoms with Gasteiger partial charge in [0.2, 0.25) is 0 Å². The third-order valence-corrected chi connectivity index (χ3v) is 3.33. The average molecular weight is 335 g/mol. The van der Waals surface area contributed by atoms with Gasteiger partial charge >= 0.3 is 6.01 Å². The van der Waals surface area contributed by atoms with E-state index in [-0.39, 0.29) is 11.9 Å². The Balaban J connectivity index is 1.67. The van der Waals surface area contributed by atoms with Crippen molar-refractivity contribution in [1.29, 1.82) is 0 Å². The molecular formula is C18H17N5O2. The van der Waals surface area contributed by atoms with Gasteiger partial charge in [-0.15, -0.1) is 0 Å². The Morgan fingerprint density at radius 2 is 1.72 bits per heavy atom. The van der Waals surface area contributed by atoms with Crippen molar-refractivity contribution in [3.05, 3.63) is 66.6 Å². The summed E-state index contributed by atoms with van der Waals surface area (Å²) in [6, 6.07) is 12.4. The van der Waals surface area contributed by atoms with Gasteiger partial charge in [0.1, 0.15) is 11.6 Å². The van der Waals surface area contributed by atoms with Gasteiger partial charge in [-0.1, -0.05) is 0 Å². The van der Waals surface area contributed by atoms with Crippen LogP contribution >= 0.6 is 0 Å². The van der Waals surface area contributed by atoms with E-state index in [1.165, 1.54) is 0 Å². The normalized spacial score (nSPS) is 10.2.